The molecular formula is C18H19BrN2O4S. The van der Waals surface area contributed by atoms with E-state index in [1.165, 1.54) is 12.1 Å². The van der Waals surface area contributed by atoms with Crippen LogP contribution in [0.3, 0.4) is 0 Å². The summed E-state index contributed by atoms with van der Waals surface area (Å²) < 4.78 is 33.9. The number of sulfonamides is 1. The first-order chi connectivity index (χ1) is 12.5. The highest BCUT2D eigenvalue weighted by Crippen LogP contribution is 2.21. The highest BCUT2D eigenvalue weighted by Gasteiger charge is 2.20. The minimum atomic E-state index is -3.79. The fourth-order valence-corrected chi connectivity index (χ4v) is 4.04. The first-order valence-electron chi connectivity index (χ1n) is 8.23. The number of benzene rings is 2. The molecule has 138 valence electrons. The number of ether oxygens (including phenoxy) is 1. The van der Waals surface area contributed by atoms with Crippen molar-refractivity contribution in [2.75, 3.05) is 17.9 Å². The molecule has 6 nitrogen and oxygen atoms in total. The molecule has 1 amide bonds. The van der Waals surface area contributed by atoms with E-state index >= 15 is 0 Å². The van der Waals surface area contributed by atoms with E-state index in [0.29, 0.717) is 13.2 Å². The van der Waals surface area contributed by atoms with Gasteiger partial charge >= 0.3 is 0 Å². The van der Waals surface area contributed by atoms with E-state index in [4.69, 9.17) is 4.74 Å². The van der Waals surface area contributed by atoms with Gasteiger partial charge in [-0.2, -0.15) is 0 Å². The average Bonchev–Trinajstić information content (AvgIpc) is 3.14. The Balaban J connectivity index is 1.75. The van der Waals surface area contributed by atoms with Crippen molar-refractivity contribution < 1.29 is 17.9 Å². The van der Waals surface area contributed by atoms with Crippen LogP contribution < -0.4 is 10.0 Å². The Hall–Kier alpha value is -1.90. The minimum Gasteiger partial charge on any atom is -0.376 e. The molecule has 2 N–H and O–H groups in total. The molecule has 2 aromatic rings. The molecule has 0 radical (unpaired) electrons. The van der Waals surface area contributed by atoms with Crippen LogP contribution in [0.25, 0.3) is 0 Å². The zero-order valence-electron chi connectivity index (χ0n) is 13.9. The first kappa shape index (κ1) is 18.9. The summed E-state index contributed by atoms with van der Waals surface area (Å²) in [7, 11) is -3.79. The molecule has 0 aliphatic carbocycles. The maximum absolute atomic E-state index is 12.6. The molecule has 1 fully saturated rings. The maximum atomic E-state index is 12.6. The smallest absolute Gasteiger partial charge is 0.261 e. The van der Waals surface area contributed by atoms with Gasteiger partial charge in [-0.3, -0.25) is 9.52 Å². The predicted molar refractivity (Wildman–Crippen MR) is 103 cm³/mol. The second-order valence-electron chi connectivity index (χ2n) is 5.95. The first-order valence-corrected chi connectivity index (χ1v) is 10.5. The number of halogens is 1. The van der Waals surface area contributed by atoms with Gasteiger partial charge in [-0.15, -0.1) is 0 Å². The lowest BCUT2D eigenvalue weighted by molar-refractivity contribution is 0.0858. The van der Waals surface area contributed by atoms with Gasteiger partial charge in [0.2, 0.25) is 0 Å². The van der Waals surface area contributed by atoms with Gasteiger partial charge in [-0.25, -0.2) is 8.42 Å². The molecule has 1 aliphatic rings. The molecule has 0 saturated carbocycles. The molecule has 1 saturated heterocycles. The Bertz CT molecular complexity index is 878. The predicted octanol–water partition coefficient (Wildman–Crippen LogP) is 3.16. The van der Waals surface area contributed by atoms with E-state index in [9.17, 15) is 13.2 Å². The van der Waals surface area contributed by atoms with Crippen molar-refractivity contribution in [2.24, 2.45) is 0 Å². The molecule has 1 atom stereocenters. The second kappa shape index (κ2) is 8.20. The van der Waals surface area contributed by atoms with Crippen molar-refractivity contribution >= 4 is 37.5 Å². The number of hydrogen-bond acceptors (Lipinski definition) is 4. The number of amides is 1. The van der Waals surface area contributed by atoms with Crippen molar-refractivity contribution in [2.45, 2.75) is 23.8 Å². The third-order valence-electron chi connectivity index (χ3n) is 4.05. The van der Waals surface area contributed by atoms with Crippen LogP contribution in [-0.4, -0.2) is 33.6 Å². The van der Waals surface area contributed by atoms with Gasteiger partial charge in [-0.05, 0) is 49.2 Å². The lowest BCUT2D eigenvalue weighted by Gasteiger charge is -2.14. The minimum absolute atomic E-state index is 0.0190. The van der Waals surface area contributed by atoms with Gasteiger partial charge in [0, 0.05) is 17.6 Å². The Morgan fingerprint density at radius 1 is 1.15 bits per heavy atom. The van der Waals surface area contributed by atoms with Crippen LogP contribution >= 0.6 is 15.9 Å². The summed E-state index contributed by atoms with van der Waals surface area (Å²) in [5, 5.41) is 2.81. The van der Waals surface area contributed by atoms with Gasteiger partial charge in [0.25, 0.3) is 15.9 Å². The Labute approximate surface area is 161 Å². The summed E-state index contributed by atoms with van der Waals surface area (Å²) >= 11 is 3.28. The summed E-state index contributed by atoms with van der Waals surface area (Å²) in [5.41, 5.74) is 0.506. The highest BCUT2D eigenvalue weighted by molar-refractivity contribution is 9.10. The normalized spacial score (nSPS) is 17.0. The highest BCUT2D eigenvalue weighted by atomic mass is 79.9. The van der Waals surface area contributed by atoms with Gasteiger partial charge in [-0.1, -0.05) is 28.1 Å². The summed E-state index contributed by atoms with van der Waals surface area (Å²) in [4.78, 5) is 12.6. The zero-order chi connectivity index (χ0) is 18.6. The zero-order valence-corrected chi connectivity index (χ0v) is 16.3. The molecule has 26 heavy (non-hydrogen) atoms. The van der Waals surface area contributed by atoms with Crippen LogP contribution in [0.15, 0.2) is 57.9 Å². The van der Waals surface area contributed by atoms with E-state index < -0.39 is 10.0 Å². The van der Waals surface area contributed by atoms with E-state index in [-0.39, 0.29) is 28.2 Å². The fourth-order valence-electron chi connectivity index (χ4n) is 2.69. The van der Waals surface area contributed by atoms with Gasteiger partial charge in [0.05, 0.1) is 22.3 Å². The van der Waals surface area contributed by atoms with Crippen LogP contribution in [0.2, 0.25) is 0 Å². The monoisotopic (exact) mass is 438 g/mol. The molecular weight excluding hydrogens is 420 g/mol. The summed E-state index contributed by atoms with van der Waals surface area (Å²) in [5.74, 6) is -0.338. The third kappa shape index (κ3) is 4.63. The lowest BCUT2D eigenvalue weighted by atomic mass is 10.1. The van der Waals surface area contributed by atoms with Crippen molar-refractivity contribution in [3.05, 3.63) is 58.6 Å². The van der Waals surface area contributed by atoms with E-state index in [1.54, 1.807) is 36.4 Å². The van der Waals surface area contributed by atoms with Crippen molar-refractivity contribution in [1.82, 2.24) is 5.32 Å². The number of anilines is 1. The van der Waals surface area contributed by atoms with Crippen molar-refractivity contribution in [3.8, 4) is 0 Å². The number of rotatable bonds is 6. The Kier molecular flexibility index (Phi) is 5.95. The summed E-state index contributed by atoms with van der Waals surface area (Å²) in [6.45, 7) is 1.12. The molecule has 0 aromatic heterocycles. The van der Waals surface area contributed by atoms with Crippen LogP contribution in [0, 0.1) is 0 Å². The number of nitrogens with one attached hydrogen (secondary N) is 2. The number of hydrogen-bond donors (Lipinski definition) is 2. The van der Waals surface area contributed by atoms with E-state index in [2.05, 4.69) is 26.0 Å². The molecule has 3 rings (SSSR count). The quantitative estimate of drug-likeness (QED) is 0.725. The van der Waals surface area contributed by atoms with Gasteiger partial charge < -0.3 is 10.1 Å². The number of para-hydroxylation sites is 1. The topological polar surface area (TPSA) is 84.5 Å². The third-order valence-corrected chi connectivity index (χ3v) is 5.96. The molecule has 1 heterocycles. The molecule has 1 unspecified atom stereocenters. The average molecular weight is 439 g/mol. The Morgan fingerprint density at radius 3 is 2.58 bits per heavy atom. The van der Waals surface area contributed by atoms with Gasteiger partial charge in [0.15, 0.2) is 0 Å². The fraction of sp³-hybridized carbons (Fsp3) is 0.278. The van der Waals surface area contributed by atoms with E-state index in [1.807, 2.05) is 0 Å². The maximum Gasteiger partial charge on any atom is 0.261 e. The number of carbonyl (C=O) groups is 1. The molecule has 2 aromatic carbocycles. The van der Waals surface area contributed by atoms with Crippen molar-refractivity contribution in [1.29, 1.82) is 0 Å². The van der Waals surface area contributed by atoms with Gasteiger partial charge in [0.1, 0.15) is 0 Å². The van der Waals surface area contributed by atoms with Crippen LogP contribution in [0.5, 0.6) is 0 Å². The van der Waals surface area contributed by atoms with Crippen LogP contribution in [0.1, 0.15) is 23.2 Å². The van der Waals surface area contributed by atoms with Crippen molar-refractivity contribution in [3.63, 3.8) is 0 Å². The standard InChI is InChI=1S/C18H19BrN2O4S/c19-13-7-9-15(10-8-13)26(23,24)21-17-6-2-1-5-16(17)18(22)20-12-14-4-3-11-25-14/h1-2,5-10,14,21H,3-4,11-12H2,(H,20,22). The molecule has 0 spiro atoms. The largest absolute Gasteiger partial charge is 0.376 e. The summed E-state index contributed by atoms with van der Waals surface area (Å²) in [6.07, 6.45) is 1.92. The Morgan fingerprint density at radius 2 is 1.88 bits per heavy atom. The SMILES string of the molecule is O=C(NCC1CCCO1)c1ccccc1NS(=O)(=O)c1ccc(Br)cc1. The molecule has 1 aliphatic heterocycles. The second-order valence-corrected chi connectivity index (χ2v) is 8.55. The number of carbonyl (C=O) groups excluding carboxylic acids is 1. The van der Waals surface area contributed by atoms with Crippen LogP contribution in [0.4, 0.5) is 5.69 Å². The van der Waals surface area contributed by atoms with E-state index in [0.717, 1.165) is 17.3 Å². The molecule has 8 heteroatoms. The lowest BCUT2D eigenvalue weighted by Crippen LogP contribution is -2.32. The molecule has 0 bridgehead atoms. The van der Waals surface area contributed by atoms with Crippen LogP contribution in [-0.2, 0) is 14.8 Å². The summed E-state index contributed by atoms with van der Waals surface area (Å²) in [6, 6.07) is 12.8.